The smallest absolute Gasteiger partial charge is 0.656 e. The van der Waals surface area contributed by atoms with Gasteiger partial charge in [0.1, 0.15) is 5.82 Å². The van der Waals surface area contributed by atoms with Crippen molar-refractivity contribution in [3.63, 3.8) is 0 Å². The molecule has 8 rings (SSSR count). The first-order valence-electron chi connectivity index (χ1n) is 18.6. The van der Waals surface area contributed by atoms with Crippen LogP contribution < -0.4 is 4.98 Å². The van der Waals surface area contributed by atoms with E-state index in [0.717, 1.165) is 27.9 Å². The number of hydrogen-bond donors (Lipinski definition) is 0. The molecule has 0 bridgehead atoms. The third kappa shape index (κ3) is 12.1. The van der Waals surface area contributed by atoms with Crippen molar-refractivity contribution in [2.45, 2.75) is 52.4 Å². The van der Waals surface area contributed by atoms with E-state index < -0.39 is 0 Å². The van der Waals surface area contributed by atoms with Gasteiger partial charge in [0, 0.05) is 6.20 Å². The summed E-state index contributed by atoms with van der Waals surface area (Å²) in [4.78, 5) is 9.25. The van der Waals surface area contributed by atoms with Crippen LogP contribution in [0.3, 0.4) is 0 Å². The summed E-state index contributed by atoms with van der Waals surface area (Å²) in [6.07, 6.45) is 1.48. The van der Waals surface area contributed by atoms with Crippen molar-refractivity contribution in [3.05, 3.63) is 218 Å². The second-order valence-corrected chi connectivity index (χ2v) is 15.7. The number of rotatable bonds is 2. The van der Waals surface area contributed by atoms with Crippen molar-refractivity contribution < 1.29 is 30.2 Å². The zero-order valence-electron chi connectivity index (χ0n) is 33.5. The van der Waals surface area contributed by atoms with Gasteiger partial charge in [0.2, 0.25) is 0 Å². The van der Waals surface area contributed by atoms with E-state index in [2.05, 4.69) is 110 Å². The molecule has 56 heavy (non-hydrogen) atoms. The Kier molecular flexibility index (Phi) is 15.1. The summed E-state index contributed by atoms with van der Waals surface area (Å²) < 4.78 is 13.8. The van der Waals surface area contributed by atoms with Crippen molar-refractivity contribution in [3.8, 4) is 22.6 Å². The fraction of sp³-hybridized carbons (Fsp3) is 0.154. The largest absolute Gasteiger partial charge is 4.00 e. The fourth-order valence-corrected chi connectivity index (χ4v) is 5.95. The number of hydrogen-bond acceptors (Lipinski definition) is 1. The zero-order valence-corrected chi connectivity index (χ0v) is 37.1. The standard InChI is InChI=1S/C31H30FN2.3C7H7.Hf/c1-30(2,3)21-9-10-24-20(16-21)15-19-7-8-22(31(4,5)6)17-25(19)29(24)27-12-11-26(34-27)28-18-23(32)13-14-33-28;3*1-7-5-3-2-4-6-7;/h7-18H,1-6H3;3*2-6H,1H2;/q4*-1;+4. The normalized spacial score (nSPS) is 10.8. The number of pyridine rings is 1. The van der Waals surface area contributed by atoms with Gasteiger partial charge in [-0.25, -0.2) is 4.39 Å². The van der Waals surface area contributed by atoms with Crippen molar-refractivity contribution >= 4 is 21.5 Å². The third-order valence-electron chi connectivity index (χ3n) is 9.10. The fourth-order valence-electron chi connectivity index (χ4n) is 5.95. The summed E-state index contributed by atoms with van der Waals surface area (Å²) >= 11 is 0. The van der Waals surface area contributed by atoms with E-state index in [0.29, 0.717) is 11.4 Å². The van der Waals surface area contributed by atoms with Crippen LogP contribution in [0.25, 0.3) is 44.2 Å². The summed E-state index contributed by atoms with van der Waals surface area (Å²) in [5.74, 6) is -0.310. The van der Waals surface area contributed by atoms with Crippen LogP contribution in [0.5, 0.6) is 0 Å². The van der Waals surface area contributed by atoms with Crippen molar-refractivity contribution in [1.29, 1.82) is 0 Å². The molecule has 0 amide bonds. The average Bonchev–Trinajstić information content (AvgIpc) is 3.64. The maximum Gasteiger partial charge on any atom is 4.00 e. The van der Waals surface area contributed by atoms with E-state index >= 15 is 0 Å². The van der Waals surface area contributed by atoms with E-state index in [1.807, 2.05) is 103 Å². The topological polar surface area (TPSA) is 27.0 Å². The van der Waals surface area contributed by atoms with Crippen LogP contribution >= 0.6 is 0 Å². The molecule has 0 saturated carbocycles. The van der Waals surface area contributed by atoms with Gasteiger partial charge in [-0.05, 0) is 67.3 Å². The van der Waals surface area contributed by atoms with E-state index in [1.165, 1.54) is 51.0 Å². The van der Waals surface area contributed by atoms with Crippen LogP contribution in [0.15, 0.2) is 164 Å². The van der Waals surface area contributed by atoms with Crippen LogP contribution in [0.1, 0.15) is 69.4 Å². The zero-order chi connectivity index (χ0) is 39.6. The molecule has 4 heteroatoms. The molecule has 0 spiro atoms. The number of halogens is 1. The van der Waals surface area contributed by atoms with Crippen LogP contribution in [0.2, 0.25) is 0 Å². The molecule has 0 aliphatic rings. The predicted octanol–water partition coefficient (Wildman–Crippen LogP) is 14.0. The van der Waals surface area contributed by atoms with Gasteiger partial charge >= 0.3 is 25.8 Å². The second kappa shape index (κ2) is 19.5. The molecule has 8 aromatic rings. The van der Waals surface area contributed by atoms with E-state index in [4.69, 9.17) is 4.98 Å². The summed E-state index contributed by atoms with van der Waals surface area (Å²) in [6, 6.07) is 52.2. The first kappa shape index (κ1) is 43.4. The Labute approximate surface area is 353 Å². The monoisotopic (exact) mass is 902 g/mol. The summed E-state index contributed by atoms with van der Waals surface area (Å²) in [6.45, 7) is 24.6. The van der Waals surface area contributed by atoms with Crippen molar-refractivity contribution in [2.75, 3.05) is 0 Å². The van der Waals surface area contributed by atoms with Crippen LogP contribution in [-0.2, 0) is 36.7 Å². The minimum Gasteiger partial charge on any atom is -0.656 e. The second-order valence-electron chi connectivity index (χ2n) is 15.7. The Balaban J connectivity index is 0.000000254. The molecule has 0 N–H and O–H groups in total. The summed E-state index contributed by atoms with van der Waals surface area (Å²) in [5, 5.41) is 4.74. The molecule has 0 unspecified atom stereocenters. The Bertz CT molecular complexity index is 2330. The molecule has 0 saturated heterocycles. The van der Waals surface area contributed by atoms with Gasteiger partial charge in [-0.15, -0.1) is 47.8 Å². The minimum atomic E-state index is -0.310. The molecule has 2 nitrogen and oxygen atoms in total. The Morgan fingerprint density at radius 1 is 0.482 bits per heavy atom. The summed E-state index contributed by atoms with van der Waals surface area (Å²) in [7, 11) is 0. The Morgan fingerprint density at radius 3 is 1.43 bits per heavy atom. The van der Waals surface area contributed by atoms with E-state index in [1.54, 1.807) is 0 Å². The van der Waals surface area contributed by atoms with Crippen molar-refractivity contribution in [1.82, 2.24) is 9.97 Å². The molecule has 0 atom stereocenters. The number of fused-ring (bicyclic) bond motifs is 2. The SMILES string of the molecule is CC(C)(C)c1ccc2c(-c3ccc(-c4cc(F)ccn4)[n-]3)c3cc(C(C)(C)C)ccc3cc2c1.[CH2-]c1ccccc1.[CH2-]c1ccccc1.[CH2-]c1ccccc1.[Hf+4]. The molecule has 2 aromatic heterocycles. The van der Waals surface area contributed by atoms with Crippen LogP contribution in [-0.4, -0.2) is 4.98 Å². The van der Waals surface area contributed by atoms with Gasteiger partial charge < -0.3 is 4.98 Å². The number of aromatic nitrogens is 2. The van der Waals surface area contributed by atoms with Gasteiger partial charge in [0.05, 0.1) is 5.69 Å². The molecular weight excluding hydrogens is 850 g/mol. The maximum absolute atomic E-state index is 13.8. The minimum absolute atomic E-state index is 0. The molecule has 6 aromatic carbocycles. The molecule has 0 radical (unpaired) electrons. The van der Waals surface area contributed by atoms with Gasteiger partial charge in [0.25, 0.3) is 0 Å². The molecule has 0 aliphatic carbocycles. The molecule has 0 aliphatic heterocycles. The van der Waals surface area contributed by atoms with Gasteiger partial charge in [-0.3, -0.25) is 4.98 Å². The maximum atomic E-state index is 13.8. The van der Waals surface area contributed by atoms with Gasteiger partial charge in [0.15, 0.2) is 0 Å². The molecule has 2 heterocycles. The van der Waals surface area contributed by atoms with Crippen LogP contribution in [0, 0.1) is 26.6 Å². The third-order valence-corrected chi connectivity index (χ3v) is 9.10. The van der Waals surface area contributed by atoms with Crippen LogP contribution in [0.4, 0.5) is 4.39 Å². The van der Waals surface area contributed by atoms with Crippen molar-refractivity contribution in [2.24, 2.45) is 0 Å². The van der Waals surface area contributed by atoms with E-state index in [9.17, 15) is 4.39 Å². The Morgan fingerprint density at radius 2 is 0.964 bits per heavy atom. The molecular formula is C52H51FHfN2. The van der Waals surface area contributed by atoms with Gasteiger partial charge in [-0.1, -0.05) is 108 Å². The predicted molar refractivity (Wildman–Crippen MR) is 234 cm³/mol. The molecule has 280 valence electrons. The molecule has 0 fully saturated rings. The van der Waals surface area contributed by atoms with Gasteiger partial charge in [-0.2, -0.15) is 73.9 Å². The number of benzene rings is 6. The van der Waals surface area contributed by atoms with E-state index in [-0.39, 0.29) is 42.5 Å². The summed E-state index contributed by atoms with van der Waals surface area (Å²) in [5.41, 5.74) is 9.11. The first-order chi connectivity index (χ1) is 26.2. The Hall–Kier alpha value is -5.32. The average molecular weight is 901 g/mol. The first-order valence-corrected chi connectivity index (χ1v) is 18.6. The quantitative estimate of drug-likeness (QED) is 0.0982. The number of nitrogens with zero attached hydrogens (tertiary/aromatic N) is 2.